The highest BCUT2D eigenvalue weighted by atomic mass is 32.2. The lowest BCUT2D eigenvalue weighted by Crippen LogP contribution is -2.38. The molecule has 0 atom stereocenters. The Morgan fingerprint density at radius 2 is 1.95 bits per heavy atom. The third kappa shape index (κ3) is 4.14. The molecule has 0 unspecified atom stereocenters. The van der Waals surface area contributed by atoms with Crippen molar-refractivity contribution in [3.63, 3.8) is 0 Å². The Morgan fingerprint density at radius 3 is 2.64 bits per heavy atom. The van der Waals surface area contributed by atoms with E-state index in [9.17, 15) is 4.79 Å². The topological polar surface area (TPSA) is 20.3 Å². The molecule has 1 aromatic heterocycles. The summed E-state index contributed by atoms with van der Waals surface area (Å²) in [6.45, 7) is 1.82. The maximum absolute atomic E-state index is 12.3. The largest absolute Gasteiger partial charge is 0.342 e. The Kier molecular flexibility index (Phi) is 5.57. The Morgan fingerprint density at radius 1 is 1.18 bits per heavy atom. The molecule has 0 aliphatic carbocycles. The maximum atomic E-state index is 12.3. The van der Waals surface area contributed by atoms with Crippen LogP contribution < -0.4 is 0 Å². The summed E-state index contributed by atoms with van der Waals surface area (Å²) in [5.74, 6) is 2.45. The summed E-state index contributed by atoms with van der Waals surface area (Å²) in [5, 5.41) is 4.39. The van der Waals surface area contributed by atoms with Crippen LogP contribution >= 0.6 is 23.1 Å². The zero-order valence-corrected chi connectivity index (χ0v) is 14.2. The number of amides is 1. The number of thiophene rings is 1. The second-order valence-corrected chi connectivity index (χ2v) is 7.46. The Labute approximate surface area is 140 Å². The van der Waals surface area contributed by atoms with E-state index in [0.717, 1.165) is 31.7 Å². The van der Waals surface area contributed by atoms with Crippen molar-refractivity contribution in [2.45, 2.75) is 24.5 Å². The molecular formula is C18H21NOS2. The fraction of sp³-hybridized carbons (Fsp3) is 0.389. The zero-order chi connectivity index (χ0) is 15.2. The van der Waals surface area contributed by atoms with Crippen LogP contribution in [0, 0.1) is 0 Å². The van der Waals surface area contributed by atoms with Crippen molar-refractivity contribution < 1.29 is 4.79 Å². The van der Waals surface area contributed by atoms with Crippen LogP contribution in [0.3, 0.4) is 0 Å². The SMILES string of the molecule is O=C(CSCc1ccccc1)N1CCC(c2ccsc2)CC1. The molecule has 0 spiro atoms. The Hall–Kier alpha value is -1.26. The van der Waals surface area contributed by atoms with E-state index in [1.807, 2.05) is 23.1 Å². The molecule has 22 heavy (non-hydrogen) atoms. The van der Waals surface area contributed by atoms with E-state index in [4.69, 9.17) is 0 Å². The van der Waals surface area contributed by atoms with Gasteiger partial charge in [0.25, 0.3) is 0 Å². The van der Waals surface area contributed by atoms with Crippen LogP contribution in [-0.2, 0) is 10.5 Å². The van der Waals surface area contributed by atoms with Crippen molar-refractivity contribution in [3.8, 4) is 0 Å². The zero-order valence-electron chi connectivity index (χ0n) is 12.6. The Balaban J connectivity index is 1.40. The molecular weight excluding hydrogens is 310 g/mol. The van der Waals surface area contributed by atoms with Gasteiger partial charge in [-0.1, -0.05) is 30.3 Å². The van der Waals surface area contributed by atoms with Gasteiger partial charge >= 0.3 is 0 Å². The highest BCUT2D eigenvalue weighted by molar-refractivity contribution is 7.99. The summed E-state index contributed by atoms with van der Waals surface area (Å²) in [5.41, 5.74) is 2.74. The quantitative estimate of drug-likeness (QED) is 0.810. The van der Waals surface area contributed by atoms with Gasteiger partial charge in [-0.2, -0.15) is 11.3 Å². The van der Waals surface area contributed by atoms with Crippen LogP contribution in [0.15, 0.2) is 47.2 Å². The van der Waals surface area contributed by atoms with Crippen LogP contribution in [0.1, 0.15) is 29.9 Å². The number of rotatable bonds is 5. The third-order valence-corrected chi connectivity index (χ3v) is 5.89. The molecule has 0 saturated carbocycles. The van der Waals surface area contributed by atoms with Crippen LogP contribution in [0.5, 0.6) is 0 Å². The summed E-state index contributed by atoms with van der Waals surface area (Å²) < 4.78 is 0. The minimum Gasteiger partial charge on any atom is -0.342 e. The predicted octanol–water partition coefficient (Wildman–Crippen LogP) is 4.39. The first-order valence-electron chi connectivity index (χ1n) is 7.74. The van der Waals surface area contributed by atoms with E-state index in [1.165, 1.54) is 11.1 Å². The fourth-order valence-corrected chi connectivity index (χ4v) is 4.52. The molecule has 1 amide bonds. The van der Waals surface area contributed by atoms with Gasteiger partial charge < -0.3 is 4.90 Å². The number of hydrogen-bond donors (Lipinski definition) is 0. The minimum atomic E-state index is 0.296. The molecule has 1 fully saturated rings. The molecule has 0 bridgehead atoms. The van der Waals surface area contributed by atoms with Gasteiger partial charge in [0.15, 0.2) is 0 Å². The lowest BCUT2D eigenvalue weighted by Gasteiger charge is -2.31. The molecule has 3 rings (SSSR count). The van der Waals surface area contributed by atoms with Gasteiger partial charge in [0.2, 0.25) is 5.91 Å². The van der Waals surface area contributed by atoms with Gasteiger partial charge in [-0.25, -0.2) is 0 Å². The lowest BCUT2D eigenvalue weighted by atomic mass is 9.91. The number of nitrogens with zero attached hydrogens (tertiary/aromatic N) is 1. The van der Waals surface area contributed by atoms with Crippen molar-refractivity contribution in [2.75, 3.05) is 18.8 Å². The number of likely N-dealkylation sites (tertiary alicyclic amines) is 1. The summed E-state index contributed by atoms with van der Waals surface area (Å²) in [6, 6.07) is 12.6. The molecule has 1 saturated heterocycles. The molecule has 1 aliphatic heterocycles. The maximum Gasteiger partial charge on any atom is 0.232 e. The molecule has 0 radical (unpaired) electrons. The number of piperidine rings is 1. The highest BCUT2D eigenvalue weighted by Crippen LogP contribution is 2.29. The third-order valence-electron chi connectivity index (χ3n) is 4.20. The van der Waals surface area contributed by atoms with Crippen molar-refractivity contribution in [2.24, 2.45) is 0 Å². The van der Waals surface area contributed by atoms with E-state index in [1.54, 1.807) is 23.1 Å². The average Bonchev–Trinajstić information content (AvgIpc) is 3.10. The van der Waals surface area contributed by atoms with Crippen LogP contribution in [0.4, 0.5) is 0 Å². The first kappa shape index (κ1) is 15.6. The first-order valence-corrected chi connectivity index (χ1v) is 9.84. The van der Waals surface area contributed by atoms with E-state index >= 15 is 0 Å². The van der Waals surface area contributed by atoms with Crippen molar-refractivity contribution in [1.29, 1.82) is 0 Å². The van der Waals surface area contributed by atoms with Crippen LogP contribution in [0.2, 0.25) is 0 Å². The van der Waals surface area contributed by atoms with Crippen molar-refractivity contribution >= 4 is 29.0 Å². The first-order chi connectivity index (χ1) is 10.8. The van der Waals surface area contributed by atoms with Gasteiger partial charge in [-0.15, -0.1) is 11.8 Å². The van der Waals surface area contributed by atoms with Gasteiger partial charge in [-0.05, 0) is 46.7 Å². The highest BCUT2D eigenvalue weighted by Gasteiger charge is 2.23. The molecule has 1 aromatic carbocycles. The fourth-order valence-electron chi connectivity index (χ4n) is 2.89. The number of hydrogen-bond acceptors (Lipinski definition) is 3. The molecule has 116 valence electrons. The summed E-state index contributed by atoms with van der Waals surface area (Å²) in [6.07, 6.45) is 2.21. The molecule has 2 aromatic rings. The molecule has 0 N–H and O–H groups in total. The number of carbonyl (C=O) groups is 1. The van der Waals surface area contributed by atoms with E-state index in [2.05, 4.69) is 29.0 Å². The second-order valence-electron chi connectivity index (χ2n) is 5.69. The van der Waals surface area contributed by atoms with Gasteiger partial charge in [0.1, 0.15) is 0 Å². The Bertz CT molecular complexity index is 574. The minimum absolute atomic E-state index is 0.296. The molecule has 4 heteroatoms. The normalized spacial score (nSPS) is 15.9. The molecule has 2 heterocycles. The summed E-state index contributed by atoms with van der Waals surface area (Å²) in [4.78, 5) is 14.3. The van der Waals surface area contributed by atoms with Crippen LogP contribution in [-0.4, -0.2) is 29.6 Å². The van der Waals surface area contributed by atoms with Gasteiger partial charge in [0.05, 0.1) is 5.75 Å². The molecule has 1 aliphatic rings. The van der Waals surface area contributed by atoms with Crippen LogP contribution in [0.25, 0.3) is 0 Å². The van der Waals surface area contributed by atoms with E-state index in [0.29, 0.717) is 17.6 Å². The number of carbonyl (C=O) groups excluding carboxylic acids is 1. The lowest BCUT2D eigenvalue weighted by molar-refractivity contribution is -0.129. The van der Waals surface area contributed by atoms with E-state index < -0.39 is 0 Å². The second kappa shape index (κ2) is 7.84. The number of benzene rings is 1. The predicted molar refractivity (Wildman–Crippen MR) is 95.5 cm³/mol. The smallest absolute Gasteiger partial charge is 0.232 e. The van der Waals surface area contributed by atoms with Gasteiger partial charge in [0, 0.05) is 18.8 Å². The summed E-state index contributed by atoms with van der Waals surface area (Å²) in [7, 11) is 0. The van der Waals surface area contributed by atoms with Gasteiger partial charge in [-0.3, -0.25) is 4.79 Å². The standard InChI is InChI=1S/C18H21NOS2/c20-18(14-22-12-15-4-2-1-3-5-15)19-9-6-16(7-10-19)17-8-11-21-13-17/h1-5,8,11,13,16H,6-7,9-10,12,14H2. The summed E-state index contributed by atoms with van der Waals surface area (Å²) >= 11 is 3.48. The van der Waals surface area contributed by atoms with E-state index in [-0.39, 0.29) is 0 Å². The molecule has 2 nitrogen and oxygen atoms in total. The number of thioether (sulfide) groups is 1. The monoisotopic (exact) mass is 331 g/mol. The average molecular weight is 332 g/mol. The van der Waals surface area contributed by atoms with Crippen molar-refractivity contribution in [3.05, 3.63) is 58.3 Å². The van der Waals surface area contributed by atoms with Crippen molar-refractivity contribution in [1.82, 2.24) is 4.90 Å².